The lowest BCUT2D eigenvalue weighted by atomic mass is 10.1. The van der Waals surface area contributed by atoms with Crippen LogP contribution < -0.4 is 20.9 Å². The minimum atomic E-state index is -0.588. The number of benzene rings is 4. The van der Waals surface area contributed by atoms with Gasteiger partial charge in [0.1, 0.15) is 5.75 Å². The Balaban J connectivity index is 1.30. The van der Waals surface area contributed by atoms with Gasteiger partial charge in [-0.3, -0.25) is 25.2 Å². The van der Waals surface area contributed by atoms with Crippen LogP contribution in [0.2, 0.25) is 0 Å². The predicted molar refractivity (Wildman–Crippen MR) is 153 cm³/mol. The number of ether oxygens (including phenoxy) is 1. The number of hydrogen-bond acceptors (Lipinski definition) is 5. The van der Waals surface area contributed by atoms with Crippen molar-refractivity contribution in [3.05, 3.63) is 137 Å². The lowest BCUT2D eigenvalue weighted by Crippen LogP contribution is -2.40. The summed E-state index contributed by atoms with van der Waals surface area (Å²) in [6, 6.07) is 27.2. The first-order chi connectivity index (χ1) is 19.3. The molecule has 4 aromatic rings. The number of hydrazine groups is 1. The van der Waals surface area contributed by atoms with E-state index in [9.17, 15) is 19.2 Å². The number of carbonyl (C=O) groups excluding carboxylic acids is 4. The molecule has 40 heavy (non-hydrogen) atoms. The first-order valence-electron chi connectivity index (χ1n) is 12.4. The predicted octanol–water partition coefficient (Wildman–Crippen LogP) is 5.25. The average molecular weight is 534 g/mol. The molecular weight excluding hydrogens is 506 g/mol. The van der Waals surface area contributed by atoms with Crippen molar-refractivity contribution in [1.29, 1.82) is 0 Å². The number of rotatable bonds is 7. The molecule has 0 atom stereocenters. The summed E-state index contributed by atoms with van der Waals surface area (Å²) in [7, 11) is 0. The van der Waals surface area contributed by atoms with Gasteiger partial charge in [-0.15, -0.1) is 0 Å². The van der Waals surface area contributed by atoms with Crippen LogP contribution in [0.25, 0.3) is 6.08 Å². The van der Waals surface area contributed by atoms with Crippen molar-refractivity contribution in [3.63, 3.8) is 0 Å². The van der Waals surface area contributed by atoms with Crippen LogP contribution in [-0.2, 0) is 4.79 Å². The number of esters is 1. The van der Waals surface area contributed by atoms with Gasteiger partial charge in [0.2, 0.25) is 0 Å². The van der Waals surface area contributed by atoms with Gasteiger partial charge >= 0.3 is 5.97 Å². The van der Waals surface area contributed by atoms with Crippen LogP contribution in [0, 0.1) is 13.8 Å². The Morgan fingerprint density at radius 1 is 0.650 bits per heavy atom. The number of aryl methyl sites for hydroxylation is 2. The third-order valence-electron chi connectivity index (χ3n) is 5.81. The second-order valence-electron chi connectivity index (χ2n) is 8.97. The van der Waals surface area contributed by atoms with Crippen molar-refractivity contribution in [1.82, 2.24) is 10.9 Å². The van der Waals surface area contributed by atoms with E-state index in [2.05, 4.69) is 16.2 Å². The van der Waals surface area contributed by atoms with Crippen LogP contribution in [0.15, 0.2) is 103 Å². The zero-order chi connectivity index (χ0) is 28.5. The zero-order valence-electron chi connectivity index (χ0n) is 21.9. The van der Waals surface area contributed by atoms with E-state index in [4.69, 9.17) is 4.74 Å². The SMILES string of the molecule is Cc1ccc(C(=O)Oc2ccccc2/C=C/C(=O)NNC(=O)c2ccc(NC(=O)c3cccc(C)c3)cc2)cc1. The van der Waals surface area contributed by atoms with Crippen molar-refractivity contribution in [2.45, 2.75) is 13.8 Å². The minimum Gasteiger partial charge on any atom is -0.422 e. The molecule has 3 amide bonds. The Bertz CT molecular complexity index is 1580. The third-order valence-corrected chi connectivity index (χ3v) is 5.81. The number of anilines is 1. The van der Waals surface area contributed by atoms with E-state index in [1.54, 1.807) is 66.7 Å². The monoisotopic (exact) mass is 533 g/mol. The summed E-state index contributed by atoms with van der Waals surface area (Å²) >= 11 is 0. The summed E-state index contributed by atoms with van der Waals surface area (Å²) in [5.74, 6) is -1.61. The molecule has 0 bridgehead atoms. The zero-order valence-corrected chi connectivity index (χ0v) is 21.9. The molecule has 0 aliphatic carbocycles. The molecule has 3 N–H and O–H groups in total. The van der Waals surface area contributed by atoms with Gasteiger partial charge in [0.05, 0.1) is 5.56 Å². The van der Waals surface area contributed by atoms with Crippen molar-refractivity contribution in [2.24, 2.45) is 0 Å². The van der Waals surface area contributed by atoms with Gasteiger partial charge in [-0.2, -0.15) is 0 Å². The van der Waals surface area contributed by atoms with Crippen LogP contribution >= 0.6 is 0 Å². The lowest BCUT2D eigenvalue weighted by Gasteiger charge is -2.09. The normalized spacial score (nSPS) is 10.6. The summed E-state index contributed by atoms with van der Waals surface area (Å²) < 4.78 is 5.51. The van der Waals surface area contributed by atoms with Crippen LogP contribution in [0.4, 0.5) is 5.69 Å². The molecule has 200 valence electrons. The molecule has 8 heteroatoms. The number of amides is 3. The number of carbonyl (C=O) groups is 4. The minimum absolute atomic E-state index is 0.258. The van der Waals surface area contributed by atoms with E-state index >= 15 is 0 Å². The molecule has 4 aromatic carbocycles. The van der Waals surface area contributed by atoms with E-state index in [1.165, 1.54) is 24.3 Å². The first kappa shape index (κ1) is 27.5. The smallest absolute Gasteiger partial charge is 0.343 e. The molecule has 0 aromatic heterocycles. The lowest BCUT2D eigenvalue weighted by molar-refractivity contribution is -0.117. The van der Waals surface area contributed by atoms with E-state index < -0.39 is 17.8 Å². The van der Waals surface area contributed by atoms with Gasteiger partial charge in [-0.1, -0.05) is 53.6 Å². The molecule has 0 radical (unpaired) electrons. The maximum absolute atomic E-state index is 12.5. The molecule has 0 aliphatic rings. The van der Waals surface area contributed by atoms with Gasteiger partial charge in [-0.05, 0) is 74.5 Å². The highest BCUT2D eigenvalue weighted by atomic mass is 16.5. The second kappa shape index (κ2) is 12.8. The van der Waals surface area contributed by atoms with Crippen LogP contribution in [0.3, 0.4) is 0 Å². The van der Waals surface area contributed by atoms with E-state index in [0.29, 0.717) is 22.4 Å². The fraction of sp³-hybridized carbons (Fsp3) is 0.0625. The number of para-hydroxylation sites is 1. The maximum atomic E-state index is 12.5. The standard InChI is InChI=1S/C32H27N3O5/c1-21-10-12-25(13-11-21)32(39)40-28-9-4-3-7-23(28)16-19-29(36)34-35-31(38)24-14-17-27(18-15-24)33-30(37)26-8-5-6-22(2)20-26/h3-20H,1-2H3,(H,33,37)(H,34,36)(H,35,38)/b19-16+. The molecule has 0 unspecified atom stereocenters. The van der Waals surface area contributed by atoms with Gasteiger partial charge in [0.15, 0.2) is 0 Å². The largest absolute Gasteiger partial charge is 0.422 e. The van der Waals surface area contributed by atoms with Crippen molar-refractivity contribution in [2.75, 3.05) is 5.32 Å². The molecule has 0 spiro atoms. The molecular formula is C32H27N3O5. The van der Waals surface area contributed by atoms with E-state index in [1.807, 2.05) is 32.0 Å². The molecule has 0 aliphatic heterocycles. The maximum Gasteiger partial charge on any atom is 0.343 e. The fourth-order valence-electron chi connectivity index (χ4n) is 3.65. The third kappa shape index (κ3) is 7.52. The molecule has 0 fully saturated rings. The highest BCUT2D eigenvalue weighted by Gasteiger charge is 2.12. The van der Waals surface area contributed by atoms with Crippen LogP contribution in [-0.4, -0.2) is 23.7 Å². The molecule has 8 nitrogen and oxygen atoms in total. The Labute approximate surface area is 231 Å². The quantitative estimate of drug-likeness (QED) is 0.130. The Morgan fingerprint density at radius 2 is 1.35 bits per heavy atom. The van der Waals surface area contributed by atoms with Gasteiger partial charge in [0, 0.05) is 28.5 Å². The average Bonchev–Trinajstić information content (AvgIpc) is 2.96. The Morgan fingerprint density at radius 3 is 2.08 bits per heavy atom. The summed E-state index contributed by atoms with van der Waals surface area (Å²) in [4.78, 5) is 49.6. The highest BCUT2D eigenvalue weighted by Crippen LogP contribution is 2.21. The molecule has 4 rings (SSSR count). The van der Waals surface area contributed by atoms with Crippen LogP contribution in [0.5, 0.6) is 5.75 Å². The number of hydrogen-bond donors (Lipinski definition) is 3. The first-order valence-corrected chi connectivity index (χ1v) is 12.4. The van der Waals surface area contributed by atoms with Gasteiger partial charge in [-0.25, -0.2) is 4.79 Å². The van der Waals surface area contributed by atoms with Crippen molar-refractivity contribution >= 4 is 35.5 Å². The van der Waals surface area contributed by atoms with Gasteiger partial charge < -0.3 is 10.1 Å². The summed E-state index contributed by atoms with van der Waals surface area (Å²) in [6.07, 6.45) is 2.69. The molecule has 0 heterocycles. The second-order valence-corrected chi connectivity index (χ2v) is 8.97. The van der Waals surface area contributed by atoms with Gasteiger partial charge in [0.25, 0.3) is 17.7 Å². The van der Waals surface area contributed by atoms with E-state index in [0.717, 1.165) is 11.1 Å². The summed E-state index contributed by atoms with van der Waals surface area (Å²) in [6.45, 7) is 3.83. The van der Waals surface area contributed by atoms with Crippen molar-refractivity contribution < 1.29 is 23.9 Å². The molecule has 0 saturated heterocycles. The fourth-order valence-corrected chi connectivity index (χ4v) is 3.65. The van der Waals surface area contributed by atoms with Crippen LogP contribution in [0.1, 0.15) is 47.8 Å². The Kier molecular flexibility index (Phi) is 8.84. The number of nitrogens with one attached hydrogen (secondary N) is 3. The van der Waals surface area contributed by atoms with Crippen molar-refractivity contribution in [3.8, 4) is 5.75 Å². The topological polar surface area (TPSA) is 114 Å². The Hall–Kier alpha value is -5.50. The summed E-state index contributed by atoms with van der Waals surface area (Å²) in [5.41, 5.74) is 8.91. The van der Waals surface area contributed by atoms with E-state index in [-0.39, 0.29) is 17.2 Å². The molecule has 0 saturated carbocycles. The highest BCUT2D eigenvalue weighted by molar-refractivity contribution is 6.05. The summed E-state index contributed by atoms with van der Waals surface area (Å²) in [5, 5.41) is 2.78.